The molecule has 9 heteroatoms. The van der Waals surface area contributed by atoms with Crippen LogP contribution in [0.1, 0.15) is 0 Å². The monoisotopic (exact) mass is 285 g/mol. The van der Waals surface area contributed by atoms with Crippen LogP contribution >= 0.6 is 12.2 Å². The lowest BCUT2D eigenvalue weighted by Gasteiger charge is -2.05. The van der Waals surface area contributed by atoms with Gasteiger partial charge in [-0.2, -0.15) is 5.10 Å². The lowest BCUT2D eigenvalue weighted by atomic mass is 10.3. The third-order valence-electron chi connectivity index (χ3n) is 2.80. The fraction of sp³-hybridized carbons (Fsp3) is 0. The molecule has 0 aliphatic heterocycles. The molecule has 0 amide bonds. The molecule has 0 bridgehead atoms. The molecular weight excluding hydrogens is 278 g/mol. The number of hydrogen-bond acceptors (Lipinski definition) is 7. The normalized spacial score (nSPS) is 11.2. The number of aromatic nitrogens is 6. The molecule has 20 heavy (non-hydrogen) atoms. The number of para-hydroxylation sites is 1. The molecule has 4 rings (SSSR count). The van der Waals surface area contributed by atoms with Crippen LogP contribution in [0.3, 0.4) is 0 Å². The standard InChI is InChI=1S/C11H7N7OS/c20-11-15-14-9-7(12-6-4-2-1-3-5-6)13-8-10(18(9)11)17-19-16-8/h1-5H,(H,15,20)(H,12,13,16). The molecule has 0 radical (unpaired) electrons. The van der Waals surface area contributed by atoms with Crippen LogP contribution in [0.15, 0.2) is 35.0 Å². The Hall–Kier alpha value is -2.81. The number of rotatable bonds is 2. The summed E-state index contributed by atoms with van der Waals surface area (Å²) in [6, 6.07) is 9.62. The van der Waals surface area contributed by atoms with Crippen LogP contribution in [0.5, 0.6) is 0 Å². The number of H-pyrrole nitrogens is 1. The van der Waals surface area contributed by atoms with E-state index < -0.39 is 0 Å². The Morgan fingerprint density at radius 1 is 1.15 bits per heavy atom. The molecule has 4 aromatic rings. The largest absolute Gasteiger partial charge is 0.337 e. The summed E-state index contributed by atoms with van der Waals surface area (Å²) in [4.78, 5) is 4.34. The summed E-state index contributed by atoms with van der Waals surface area (Å²) in [5.41, 5.74) is 2.19. The van der Waals surface area contributed by atoms with Crippen LogP contribution < -0.4 is 5.32 Å². The first-order chi connectivity index (χ1) is 9.83. The van der Waals surface area contributed by atoms with Crippen molar-refractivity contribution in [1.82, 2.24) is 29.9 Å². The Labute approximate surface area is 116 Å². The maximum Gasteiger partial charge on any atom is 0.244 e. The van der Waals surface area contributed by atoms with Gasteiger partial charge in [-0.25, -0.2) is 14.0 Å². The Morgan fingerprint density at radius 2 is 2.00 bits per heavy atom. The predicted molar refractivity (Wildman–Crippen MR) is 73.3 cm³/mol. The molecule has 0 aliphatic rings. The highest BCUT2D eigenvalue weighted by Gasteiger charge is 2.15. The summed E-state index contributed by atoms with van der Waals surface area (Å²) >= 11 is 5.18. The van der Waals surface area contributed by atoms with E-state index in [1.54, 1.807) is 4.40 Å². The molecule has 3 heterocycles. The van der Waals surface area contributed by atoms with Crippen molar-refractivity contribution in [3.63, 3.8) is 0 Å². The molecule has 1 aromatic carbocycles. The molecule has 0 unspecified atom stereocenters. The summed E-state index contributed by atoms with van der Waals surface area (Å²) in [5.74, 6) is 0.520. The number of aromatic amines is 1. The number of fused-ring (bicyclic) bond motifs is 3. The Kier molecular flexibility index (Phi) is 2.27. The minimum atomic E-state index is 0.355. The van der Waals surface area contributed by atoms with Gasteiger partial charge in [0.1, 0.15) is 0 Å². The fourth-order valence-corrected chi connectivity index (χ4v) is 2.16. The number of hydrogen-bond donors (Lipinski definition) is 2. The topological polar surface area (TPSA) is 96.9 Å². The average molecular weight is 285 g/mol. The Balaban J connectivity index is 2.00. The van der Waals surface area contributed by atoms with Crippen LogP contribution in [0.2, 0.25) is 0 Å². The molecular formula is C11H7N7OS. The van der Waals surface area contributed by atoms with Crippen LogP contribution in [0.25, 0.3) is 16.9 Å². The number of nitrogens with zero attached hydrogens (tertiary/aromatic N) is 5. The van der Waals surface area contributed by atoms with Crippen molar-refractivity contribution >= 4 is 40.7 Å². The third-order valence-corrected chi connectivity index (χ3v) is 3.08. The highest BCUT2D eigenvalue weighted by molar-refractivity contribution is 7.71. The molecule has 0 fully saturated rings. The molecule has 0 saturated heterocycles. The third kappa shape index (κ3) is 1.57. The van der Waals surface area contributed by atoms with Crippen LogP contribution in [-0.4, -0.2) is 29.9 Å². The maximum absolute atomic E-state index is 5.18. The van der Waals surface area contributed by atoms with E-state index in [4.69, 9.17) is 16.8 Å². The maximum atomic E-state index is 5.18. The van der Waals surface area contributed by atoms with Crippen molar-refractivity contribution in [1.29, 1.82) is 0 Å². The summed E-state index contributed by atoms with van der Waals surface area (Å²) in [5, 5.41) is 17.6. The fourth-order valence-electron chi connectivity index (χ4n) is 1.94. The second kappa shape index (κ2) is 4.10. The van der Waals surface area contributed by atoms with E-state index in [9.17, 15) is 0 Å². The predicted octanol–water partition coefficient (Wildman–Crippen LogP) is 2.07. The summed E-state index contributed by atoms with van der Waals surface area (Å²) in [6.07, 6.45) is 0. The van der Waals surface area contributed by atoms with Crippen molar-refractivity contribution in [3.8, 4) is 0 Å². The highest BCUT2D eigenvalue weighted by Crippen LogP contribution is 2.21. The molecule has 0 spiro atoms. The van der Waals surface area contributed by atoms with E-state index in [1.807, 2.05) is 30.3 Å². The van der Waals surface area contributed by atoms with Gasteiger partial charge in [-0.3, -0.25) is 5.10 Å². The van der Waals surface area contributed by atoms with E-state index in [0.717, 1.165) is 5.69 Å². The van der Waals surface area contributed by atoms with Crippen molar-refractivity contribution in [2.45, 2.75) is 0 Å². The van der Waals surface area contributed by atoms with E-state index >= 15 is 0 Å². The minimum Gasteiger partial charge on any atom is -0.337 e. The first-order valence-corrected chi connectivity index (χ1v) is 6.15. The van der Waals surface area contributed by atoms with E-state index in [2.05, 4.69) is 30.8 Å². The van der Waals surface area contributed by atoms with Crippen molar-refractivity contribution in [3.05, 3.63) is 35.1 Å². The second-order valence-electron chi connectivity index (χ2n) is 4.05. The Bertz CT molecular complexity index is 955. The molecule has 0 aliphatic carbocycles. The molecule has 3 aromatic heterocycles. The molecule has 0 atom stereocenters. The first kappa shape index (κ1) is 11.1. The van der Waals surface area contributed by atoms with Crippen LogP contribution in [0.4, 0.5) is 11.5 Å². The van der Waals surface area contributed by atoms with Gasteiger partial charge in [0.05, 0.1) is 0 Å². The van der Waals surface area contributed by atoms with Gasteiger partial charge in [0.2, 0.25) is 21.7 Å². The lowest BCUT2D eigenvalue weighted by Crippen LogP contribution is -2.00. The summed E-state index contributed by atoms with van der Waals surface area (Å²) < 4.78 is 6.73. The zero-order valence-electron chi connectivity index (χ0n) is 9.94. The lowest BCUT2D eigenvalue weighted by molar-refractivity contribution is 0.313. The van der Waals surface area contributed by atoms with Gasteiger partial charge in [-0.1, -0.05) is 18.2 Å². The number of anilines is 2. The zero-order valence-corrected chi connectivity index (χ0v) is 10.8. The highest BCUT2D eigenvalue weighted by atomic mass is 32.1. The second-order valence-corrected chi connectivity index (χ2v) is 4.44. The van der Waals surface area contributed by atoms with E-state index in [0.29, 0.717) is 27.5 Å². The quantitative estimate of drug-likeness (QED) is 0.544. The minimum absolute atomic E-state index is 0.355. The first-order valence-electron chi connectivity index (χ1n) is 5.74. The van der Waals surface area contributed by atoms with Gasteiger partial charge in [0.15, 0.2) is 5.82 Å². The zero-order chi connectivity index (χ0) is 13.5. The van der Waals surface area contributed by atoms with Gasteiger partial charge in [-0.05, 0) is 34.7 Å². The van der Waals surface area contributed by atoms with E-state index in [-0.39, 0.29) is 0 Å². The van der Waals surface area contributed by atoms with Gasteiger partial charge in [0, 0.05) is 5.69 Å². The molecule has 2 N–H and O–H groups in total. The Morgan fingerprint density at radius 3 is 2.85 bits per heavy atom. The summed E-state index contributed by atoms with van der Waals surface area (Å²) in [6.45, 7) is 0. The number of nitrogens with one attached hydrogen (secondary N) is 2. The molecule has 0 saturated carbocycles. The van der Waals surface area contributed by atoms with Gasteiger partial charge in [0.25, 0.3) is 0 Å². The van der Waals surface area contributed by atoms with Gasteiger partial charge in [-0.15, -0.1) is 0 Å². The van der Waals surface area contributed by atoms with Gasteiger partial charge >= 0.3 is 0 Å². The smallest absolute Gasteiger partial charge is 0.244 e. The van der Waals surface area contributed by atoms with Crippen LogP contribution in [-0.2, 0) is 0 Å². The van der Waals surface area contributed by atoms with Crippen molar-refractivity contribution in [2.75, 3.05) is 5.32 Å². The number of benzene rings is 1. The average Bonchev–Trinajstić information content (AvgIpc) is 3.06. The van der Waals surface area contributed by atoms with Crippen molar-refractivity contribution < 1.29 is 4.63 Å². The summed E-state index contributed by atoms with van der Waals surface area (Å²) in [7, 11) is 0. The molecule has 98 valence electrons. The SMILES string of the molecule is S=c1[nH]nc2c(Nc3ccccc3)nc3nonc3n12. The molecule has 8 nitrogen and oxygen atoms in total. The van der Waals surface area contributed by atoms with Crippen molar-refractivity contribution in [2.24, 2.45) is 0 Å². The van der Waals surface area contributed by atoms with E-state index in [1.165, 1.54) is 0 Å². The van der Waals surface area contributed by atoms with Gasteiger partial charge < -0.3 is 5.32 Å². The van der Waals surface area contributed by atoms with Crippen LogP contribution in [0, 0.1) is 4.77 Å².